The van der Waals surface area contributed by atoms with E-state index in [0.717, 1.165) is 10.5 Å². The summed E-state index contributed by atoms with van der Waals surface area (Å²) in [6.45, 7) is 3.72. The molecule has 0 unspecified atom stereocenters. The molecule has 1 aliphatic rings. The molecule has 0 saturated heterocycles. The Balaban J connectivity index is 1.98. The molecule has 6 nitrogen and oxygen atoms in total. The van der Waals surface area contributed by atoms with Crippen LogP contribution in [0.25, 0.3) is 0 Å². The number of amides is 2. The summed E-state index contributed by atoms with van der Waals surface area (Å²) in [5.74, 6) is -1.95. The van der Waals surface area contributed by atoms with Crippen molar-refractivity contribution < 1.29 is 19.1 Å². The normalized spacial score (nSPS) is 14.0. The number of carbonyl (C=O) groups excluding carboxylic acids is 3. The summed E-state index contributed by atoms with van der Waals surface area (Å²) in [4.78, 5) is 38.7. The number of rotatable bonds is 5. The molecule has 0 aliphatic carbocycles. The van der Waals surface area contributed by atoms with E-state index in [1.165, 1.54) is 12.1 Å². The van der Waals surface area contributed by atoms with Crippen molar-refractivity contribution in [2.45, 2.75) is 13.8 Å². The van der Waals surface area contributed by atoms with Gasteiger partial charge >= 0.3 is 5.97 Å². The third kappa shape index (κ3) is 3.44. The third-order valence-corrected chi connectivity index (χ3v) is 4.42. The van der Waals surface area contributed by atoms with Gasteiger partial charge in [0.05, 0.1) is 17.9 Å². The van der Waals surface area contributed by atoms with E-state index in [1.54, 1.807) is 31.2 Å². The van der Waals surface area contributed by atoms with Gasteiger partial charge in [0.15, 0.2) is 0 Å². The first-order valence-electron chi connectivity index (χ1n) is 8.33. The molecule has 3 rings (SSSR count). The van der Waals surface area contributed by atoms with Crippen LogP contribution in [0.2, 0.25) is 0 Å². The number of imide groups is 1. The Bertz CT molecular complexity index is 968. The van der Waals surface area contributed by atoms with Crippen LogP contribution >= 0.6 is 11.6 Å². The van der Waals surface area contributed by atoms with Gasteiger partial charge in [-0.25, -0.2) is 9.69 Å². The minimum Gasteiger partial charge on any atom is -0.462 e. The van der Waals surface area contributed by atoms with Crippen molar-refractivity contribution >= 4 is 40.8 Å². The van der Waals surface area contributed by atoms with Crippen molar-refractivity contribution in [1.29, 1.82) is 0 Å². The maximum Gasteiger partial charge on any atom is 0.340 e. The molecule has 0 bridgehead atoms. The standard InChI is InChI=1S/C20H17ClN2O4/c1-3-27-20(26)13-9-5-7-11-15(13)23-18(24)16(21)17(19(23)25)22-14-10-6-4-8-12(14)2/h4-11,22H,3H2,1-2H3. The smallest absolute Gasteiger partial charge is 0.340 e. The summed E-state index contributed by atoms with van der Waals surface area (Å²) in [6, 6.07) is 13.6. The second-order valence-electron chi connectivity index (χ2n) is 5.81. The van der Waals surface area contributed by atoms with E-state index in [4.69, 9.17) is 16.3 Å². The van der Waals surface area contributed by atoms with Crippen LogP contribution < -0.4 is 10.2 Å². The van der Waals surface area contributed by atoms with Gasteiger partial charge < -0.3 is 10.1 Å². The number of nitrogens with zero attached hydrogens (tertiary/aromatic N) is 1. The van der Waals surface area contributed by atoms with Crippen LogP contribution in [0.1, 0.15) is 22.8 Å². The lowest BCUT2D eigenvalue weighted by Crippen LogP contribution is -2.33. The molecular formula is C20H17ClN2O4. The zero-order valence-corrected chi connectivity index (χ0v) is 15.5. The maximum atomic E-state index is 12.9. The second-order valence-corrected chi connectivity index (χ2v) is 6.19. The van der Waals surface area contributed by atoms with Gasteiger partial charge in [0, 0.05) is 5.69 Å². The molecule has 138 valence electrons. The SMILES string of the molecule is CCOC(=O)c1ccccc1N1C(=O)C(Cl)=C(Nc2ccccc2C)C1=O. The molecule has 0 spiro atoms. The van der Waals surface area contributed by atoms with Gasteiger partial charge in [-0.05, 0) is 37.6 Å². The van der Waals surface area contributed by atoms with Crippen molar-refractivity contribution in [3.05, 3.63) is 70.4 Å². The molecule has 27 heavy (non-hydrogen) atoms. The number of hydrogen-bond donors (Lipinski definition) is 1. The first-order chi connectivity index (χ1) is 13.0. The van der Waals surface area contributed by atoms with Crippen LogP contribution in [-0.4, -0.2) is 24.4 Å². The lowest BCUT2D eigenvalue weighted by molar-refractivity contribution is -0.120. The number of esters is 1. The predicted octanol–water partition coefficient (Wildman–Crippen LogP) is 3.61. The summed E-state index contributed by atoms with van der Waals surface area (Å²) in [7, 11) is 0. The van der Waals surface area contributed by atoms with E-state index in [1.807, 2.05) is 19.1 Å². The molecule has 7 heteroatoms. The fourth-order valence-corrected chi connectivity index (χ4v) is 2.94. The number of ether oxygens (including phenoxy) is 1. The van der Waals surface area contributed by atoms with Gasteiger partial charge in [-0.1, -0.05) is 41.9 Å². The van der Waals surface area contributed by atoms with Crippen molar-refractivity contribution in [3.8, 4) is 0 Å². The number of para-hydroxylation sites is 2. The Morgan fingerprint density at radius 3 is 2.44 bits per heavy atom. The van der Waals surface area contributed by atoms with Crippen LogP contribution in [0.4, 0.5) is 11.4 Å². The fraction of sp³-hybridized carbons (Fsp3) is 0.150. The van der Waals surface area contributed by atoms with Crippen molar-refractivity contribution in [3.63, 3.8) is 0 Å². The van der Waals surface area contributed by atoms with Crippen molar-refractivity contribution in [2.24, 2.45) is 0 Å². The van der Waals surface area contributed by atoms with Crippen molar-refractivity contribution in [2.75, 3.05) is 16.8 Å². The average molecular weight is 385 g/mol. The highest BCUT2D eigenvalue weighted by Crippen LogP contribution is 2.32. The zero-order valence-electron chi connectivity index (χ0n) is 14.8. The summed E-state index contributed by atoms with van der Waals surface area (Å²) in [6.07, 6.45) is 0. The van der Waals surface area contributed by atoms with Crippen LogP contribution in [-0.2, 0) is 14.3 Å². The first kappa shape index (κ1) is 18.7. The summed E-state index contributed by atoms with van der Waals surface area (Å²) >= 11 is 6.15. The molecule has 2 aromatic rings. The molecule has 2 aromatic carbocycles. The molecule has 0 atom stereocenters. The van der Waals surface area contributed by atoms with Crippen LogP contribution in [0.5, 0.6) is 0 Å². The predicted molar refractivity (Wildman–Crippen MR) is 103 cm³/mol. The van der Waals surface area contributed by atoms with Gasteiger partial charge in [-0.3, -0.25) is 9.59 Å². The molecule has 0 radical (unpaired) electrons. The highest BCUT2D eigenvalue weighted by Gasteiger charge is 2.40. The monoisotopic (exact) mass is 384 g/mol. The average Bonchev–Trinajstić information content (AvgIpc) is 2.87. The summed E-state index contributed by atoms with van der Waals surface area (Å²) < 4.78 is 5.01. The molecule has 1 aliphatic heterocycles. The topological polar surface area (TPSA) is 75.7 Å². The van der Waals surface area contributed by atoms with Gasteiger partial charge in [0.25, 0.3) is 11.8 Å². The molecule has 2 amide bonds. The minimum absolute atomic E-state index is 0.0328. The molecule has 1 heterocycles. The van der Waals surface area contributed by atoms with Crippen LogP contribution in [0.15, 0.2) is 59.3 Å². The lowest BCUT2D eigenvalue weighted by Gasteiger charge is -2.18. The highest BCUT2D eigenvalue weighted by molar-refractivity contribution is 6.53. The molecule has 1 N–H and O–H groups in total. The molecule has 0 aromatic heterocycles. The van der Waals surface area contributed by atoms with Crippen LogP contribution in [0, 0.1) is 6.92 Å². The number of carbonyl (C=O) groups is 3. The maximum absolute atomic E-state index is 12.9. The molecule has 0 fully saturated rings. The number of halogens is 1. The van der Waals surface area contributed by atoms with E-state index in [9.17, 15) is 14.4 Å². The Labute approximate surface area is 161 Å². The van der Waals surface area contributed by atoms with Crippen LogP contribution in [0.3, 0.4) is 0 Å². The van der Waals surface area contributed by atoms with E-state index < -0.39 is 17.8 Å². The zero-order chi connectivity index (χ0) is 19.6. The third-order valence-electron chi connectivity index (χ3n) is 4.07. The Kier molecular flexibility index (Phi) is 5.28. The Hall–Kier alpha value is -3.12. The number of anilines is 2. The van der Waals surface area contributed by atoms with Gasteiger partial charge in [-0.15, -0.1) is 0 Å². The largest absolute Gasteiger partial charge is 0.462 e. The van der Waals surface area contributed by atoms with Gasteiger partial charge in [0.2, 0.25) is 0 Å². The number of benzene rings is 2. The summed E-state index contributed by atoms with van der Waals surface area (Å²) in [5, 5.41) is 2.70. The fourth-order valence-electron chi connectivity index (χ4n) is 2.73. The van der Waals surface area contributed by atoms with E-state index in [0.29, 0.717) is 5.69 Å². The van der Waals surface area contributed by atoms with Gasteiger partial charge in [-0.2, -0.15) is 0 Å². The lowest BCUT2D eigenvalue weighted by atomic mass is 10.1. The van der Waals surface area contributed by atoms with Gasteiger partial charge in [0.1, 0.15) is 10.7 Å². The van der Waals surface area contributed by atoms with E-state index in [2.05, 4.69) is 5.32 Å². The summed E-state index contributed by atoms with van der Waals surface area (Å²) in [5.41, 5.74) is 1.76. The number of nitrogens with one attached hydrogen (secondary N) is 1. The minimum atomic E-state index is -0.700. The number of hydrogen-bond acceptors (Lipinski definition) is 5. The highest BCUT2D eigenvalue weighted by atomic mass is 35.5. The van der Waals surface area contributed by atoms with Crippen molar-refractivity contribution in [1.82, 2.24) is 0 Å². The van der Waals surface area contributed by atoms with E-state index >= 15 is 0 Å². The Morgan fingerprint density at radius 2 is 1.74 bits per heavy atom. The second kappa shape index (κ2) is 7.63. The quantitative estimate of drug-likeness (QED) is 0.629. The first-order valence-corrected chi connectivity index (χ1v) is 8.70. The van der Waals surface area contributed by atoms with E-state index in [-0.39, 0.29) is 28.6 Å². The molecular weight excluding hydrogens is 368 g/mol. The Morgan fingerprint density at radius 1 is 1.07 bits per heavy atom. The number of aryl methyl sites for hydroxylation is 1. The molecule has 0 saturated carbocycles.